The van der Waals surface area contributed by atoms with Crippen LogP contribution in [0.4, 0.5) is 0 Å². The van der Waals surface area contributed by atoms with E-state index in [0.717, 1.165) is 23.8 Å². The number of ether oxygens (including phenoxy) is 3. The summed E-state index contributed by atoms with van der Waals surface area (Å²) in [6.45, 7) is 5.34. The molecule has 0 spiro atoms. The molecular weight excluding hydrogens is 328 g/mol. The zero-order chi connectivity index (χ0) is 16.9. The van der Waals surface area contributed by atoms with E-state index in [1.165, 1.54) is 11.8 Å². The summed E-state index contributed by atoms with van der Waals surface area (Å²) in [7, 11) is 1.61. The first-order chi connectivity index (χ1) is 11.7. The van der Waals surface area contributed by atoms with E-state index in [1.807, 2.05) is 31.2 Å². The van der Waals surface area contributed by atoms with Gasteiger partial charge in [0.15, 0.2) is 16.7 Å². The highest BCUT2D eigenvalue weighted by molar-refractivity contribution is 8.18. The molecule has 0 aliphatic carbocycles. The van der Waals surface area contributed by atoms with Gasteiger partial charge in [0, 0.05) is 13.1 Å². The summed E-state index contributed by atoms with van der Waals surface area (Å²) < 4.78 is 16.2. The summed E-state index contributed by atoms with van der Waals surface area (Å²) in [5, 5.41) is 0.757. The van der Waals surface area contributed by atoms with Gasteiger partial charge >= 0.3 is 0 Å². The summed E-state index contributed by atoms with van der Waals surface area (Å²) in [5.74, 6) is 1.14. The van der Waals surface area contributed by atoms with E-state index < -0.39 is 0 Å². The Morgan fingerprint density at radius 3 is 2.83 bits per heavy atom. The van der Waals surface area contributed by atoms with E-state index >= 15 is 0 Å². The molecule has 1 aromatic rings. The lowest BCUT2D eigenvalue weighted by Gasteiger charge is -2.27. The maximum atomic E-state index is 12.2. The molecule has 1 aromatic carbocycles. The fourth-order valence-electron chi connectivity index (χ4n) is 2.49. The number of aliphatic imine (C=N–C) groups is 1. The van der Waals surface area contributed by atoms with Crippen molar-refractivity contribution < 1.29 is 19.0 Å². The van der Waals surface area contributed by atoms with E-state index in [4.69, 9.17) is 14.2 Å². The number of nitrogens with zero attached hydrogens (tertiary/aromatic N) is 2. The predicted molar refractivity (Wildman–Crippen MR) is 94.6 cm³/mol. The Morgan fingerprint density at radius 1 is 1.33 bits per heavy atom. The SMILES string of the molecule is CCOc1cc(C=C2SC(N3CCOCC3)=NC2=O)ccc1OC. The zero-order valence-corrected chi connectivity index (χ0v) is 14.6. The van der Waals surface area contributed by atoms with Crippen molar-refractivity contribution in [3.05, 3.63) is 28.7 Å². The molecule has 0 aromatic heterocycles. The van der Waals surface area contributed by atoms with Crippen LogP contribution in [0.2, 0.25) is 0 Å². The topological polar surface area (TPSA) is 60.4 Å². The van der Waals surface area contributed by atoms with Crippen LogP contribution in [0.25, 0.3) is 6.08 Å². The molecule has 7 heteroatoms. The van der Waals surface area contributed by atoms with Gasteiger partial charge in [-0.2, -0.15) is 4.99 Å². The predicted octanol–water partition coefficient (Wildman–Crippen LogP) is 2.40. The van der Waals surface area contributed by atoms with Crippen LogP contribution in [0.1, 0.15) is 12.5 Å². The van der Waals surface area contributed by atoms with Crippen molar-refractivity contribution in [3.8, 4) is 11.5 Å². The van der Waals surface area contributed by atoms with E-state index in [9.17, 15) is 4.79 Å². The van der Waals surface area contributed by atoms with Gasteiger partial charge in [-0.25, -0.2) is 0 Å². The van der Waals surface area contributed by atoms with E-state index in [2.05, 4.69) is 9.89 Å². The molecular formula is C17H20N2O4S. The molecule has 1 amide bonds. The average molecular weight is 348 g/mol. The molecule has 128 valence electrons. The fourth-order valence-corrected chi connectivity index (χ4v) is 3.46. The third kappa shape index (κ3) is 3.73. The second-order valence-corrected chi connectivity index (χ2v) is 6.26. The largest absolute Gasteiger partial charge is 0.493 e. The molecule has 2 aliphatic rings. The van der Waals surface area contributed by atoms with Crippen LogP contribution in [0.15, 0.2) is 28.1 Å². The van der Waals surface area contributed by atoms with Crippen LogP contribution in [-0.2, 0) is 9.53 Å². The summed E-state index contributed by atoms with van der Waals surface area (Å²) in [5.41, 5.74) is 0.883. The standard InChI is InChI=1S/C17H20N2O4S/c1-3-23-14-10-12(4-5-13(14)21-2)11-15-16(20)18-17(24-15)19-6-8-22-9-7-19/h4-5,10-11H,3,6-9H2,1-2H3. The van der Waals surface area contributed by atoms with Gasteiger partial charge in [0.05, 0.1) is 31.8 Å². The molecule has 1 fully saturated rings. The average Bonchev–Trinajstić information content (AvgIpc) is 2.97. The second kappa shape index (κ2) is 7.72. The maximum Gasteiger partial charge on any atom is 0.286 e. The van der Waals surface area contributed by atoms with Crippen LogP contribution in [0.5, 0.6) is 11.5 Å². The van der Waals surface area contributed by atoms with Crippen molar-refractivity contribution >= 4 is 28.9 Å². The number of hydrogen-bond acceptors (Lipinski definition) is 6. The number of carbonyl (C=O) groups excluding carboxylic acids is 1. The number of carbonyl (C=O) groups is 1. The highest BCUT2D eigenvalue weighted by atomic mass is 32.2. The molecule has 1 saturated heterocycles. The van der Waals surface area contributed by atoms with Crippen molar-refractivity contribution in [2.75, 3.05) is 40.0 Å². The summed E-state index contributed by atoms with van der Waals surface area (Å²) in [6.07, 6.45) is 1.84. The number of morpholine rings is 1. The molecule has 0 radical (unpaired) electrons. The molecule has 2 heterocycles. The van der Waals surface area contributed by atoms with Gasteiger partial charge in [0.2, 0.25) is 0 Å². The minimum absolute atomic E-state index is 0.199. The first-order valence-electron chi connectivity index (χ1n) is 7.87. The van der Waals surface area contributed by atoms with Crippen molar-refractivity contribution in [1.82, 2.24) is 4.90 Å². The number of thioether (sulfide) groups is 1. The van der Waals surface area contributed by atoms with Gasteiger partial charge < -0.3 is 19.1 Å². The molecule has 0 unspecified atom stereocenters. The molecule has 0 atom stereocenters. The van der Waals surface area contributed by atoms with Crippen LogP contribution < -0.4 is 9.47 Å². The molecule has 0 bridgehead atoms. The van der Waals surface area contributed by atoms with Crippen molar-refractivity contribution in [2.45, 2.75) is 6.92 Å². The van der Waals surface area contributed by atoms with Crippen molar-refractivity contribution in [2.24, 2.45) is 4.99 Å². The molecule has 24 heavy (non-hydrogen) atoms. The number of amidine groups is 1. The summed E-state index contributed by atoms with van der Waals surface area (Å²) in [6, 6.07) is 5.61. The highest BCUT2D eigenvalue weighted by Gasteiger charge is 2.27. The lowest BCUT2D eigenvalue weighted by molar-refractivity contribution is -0.113. The van der Waals surface area contributed by atoms with Crippen LogP contribution in [0, 0.1) is 0 Å². The number of hydrogen-bond donors (Lipinski definition) is 0. The van der Waals surface area contributed by atoms with Gasteiger partial charge in [-0.05, 0) is 42.5 Å². The maximum absolute atomic E-state index is 12.2. The molecule has 6 nitrogen and oxygen atoms in total. The first kappa shape index (κ1) is 16.9. The zero-order valence-electron chi connectivity index (χ0n) is 13.8. The van der Waals surface area contributed by atoms with E-state index in [-0.39, 0.29) is 5.91 Å². The third-order valence-electron chi connectivity index (χ3n) is 3.68. The summed E-state index contributed by atoms with van der Waals surface area (Å²) >= 11 is 1.41. The monoisotopic (exact) mass is 348 g/mol. The van der Waals surface area contributed by atoms with Gasteiger partial charge in [0.1, 0.15) is 0 Å². The van der Waals surface area contributed by atoms with E-state index in [0.29, 0.717) is 36.2 Å². The molecule has 0 saturated carbocycles. The van der Waals surface area contributed by atoms with Crippen LogP contribution >= 0.6 is 11.8 Å². The smallest absolute Gasteiger partial charge is 0.286 e. The van der Waals surface area contributed by atoms with Crippen LogP contribution in [0.3, 0.4) is 0 Å². The molecule has 2 aliphatic heterocycles. The lowest BCUT2D eigenvalue weighted by atomic mass is 10.2. The van der Waals surface area contributed by atoms with Gasteiger partial charge in [-0.1, -0.05) is 6.07 Å². The molecule has 0 N–H and O–H groups in total. The Labute approximate surface area is 145 Å². The fraction of sp³-hybridized carbons (Fsp3) is 0.412. The Morgan fingerprint density at radius 2 is 2.12 bits per heavy atom. The number of amides is 1. The van der Waals surface area contributed by atoms with Crippen LogP contribution in [-0.4, -0.2) is 56.0 Å². The second-order valence-electron chi connectivity index (χ2n) is 5.25. The normalized spacial score (nSPS) is 19.6. The van der Waals surface area contributed by atoms with Crippen molar-refractivity contribution in [3.63, 3.8) is 0 Å². The molecule has 3 rings (SSSR count). The van der Waals surface area contributed by atoms with Gasteiger partial charge in [0.25, 0.3) is 5.91 Å². The Bertz CT molecular complexity index is 681. The number of benzene rings is 1. The highest BCUT2D eigenvalue weighted by Crippen LogP contribution is 2.33. The number of rotatable bonds is 4. The number of methoxy groups -OCH3 is 1. The summed E-state index contributed by atoms with van der Waals surface area (Å²) in [4.78, 5) is 19.0. The Hall–Kier alpha value is -1.99. The quantitative estimate of drug-likeness (QED) is 0.779. The third-order valence-corrected chi connectivity index (χ3v) is 4.72. The first-order valence-corrected chi connectivity index (χ1v) is 8.69. The Kier molecular flexibility index (Phi) is 5.42. The minimum atomic E-state index is -0.199. The Balaban J connectivity index is 1.77. The minimum Gasteiger partial charge on any atom is -0.493 e. The van der Waals surface area contributed by atoms with Crippen molar-refractivity contribution in [1.29, 1.82) is 0 Å². The van der Waals surface area contributed by atoms with E-state index in [1.54, 1.807) is 7.11 Å². The lowest BCUT2D eigenvalue weighted by Crippen LogP contribution is -2.38. The van der Waals surface area contributed by atoms with Gasteiger partial charge in [-0.3, -0.25) is 4.79 Å². The van der Waals surface area contributed by atoms with Gasteiger partial charge in [-0.15, -0.1) is 0 Å².